The third-order valence-electron chi connectivity index (χ3n) is 2.97. The number of hydrogen-bond donors (Lipinski definition) is 1. The Morgan fingerprint density at radius 2 is 2.00 bits per heavy atom. The predicted octanol–water partition coefficient (Wildman–Crippen LogP) is 3.57. The van der Waals surface area contributed by atoms with Crippen molar-refractivity contribution in [3.8, 4) is 10.6 Å². The molecule has 0 unspecified atom stereocenters. The summed E-state index contributed by atoms with van der Waals surface area (Å²) in [7, 11) is 0. The number of benzene rings is 2. The molecule has 1 aromatic heterocycles. The Balaban J connectivity index is 2.18. The Labute approximate surface area is 122 Å². The molecule has 1 heterocycles. The minimum atomic E-state index is -1.02. The van der Waals surface area contributed by atoms with E-state index in [1.54, 1.807) is 24.3 Å². The van der Waals surface area contributed by atoms with Crippen molar-refractivity contribution in [3.63, 3.8) is 0 Å². The van der Waals surface area contributed by atoms with E-state index in [4.69, 9.17) is 5.11 Å². The van der Waals surface area contributed by atoms with Gasteiger partial charge in [-0.1, -0.05) is 12.1 Å². The highest BCUT2D eigenvalue weighted by Crippen LogP contribution is 2.35. The normalized spacial score (nSPS) is 10.7. The highest BCUT2D eigenvalue weighted by molar-refractivity contribution is 7.21. The van der Waals surface area contributed by atoms with E-state index in [9.17, 15) is 14.9 Å². The molecule has 3 aromatic rings. The van der Waals surface area contributed by atoms with Crippen molar-refractivity contribution in [2.24, 2.45) is 0 Å². The number of rotatable bonds is 3. The number of carboxylic acid groups (broad SMARTS) is 1. The molecule has 0 atom stereocenters. The zero-order valence-electron chi connectivity index (χ0n) is 10.5. The van der Waals surface area contributed by atoms with E-state index in [1.165, 1.54) is 29.5 Å². The van der Waals surface area contributed by atoms with Crippen LogP contribution in [0.5, 0.6) is 0 Å². The SMILES string of the molecule is O=C(O)c1ccc2nc(-c3ccccc3[N+](=O)[O-])sc2c1. The Morgan fingerprint density at radius 1 is 1.24 bits per heavy atom. The van der Waals surface area contributed by atoms with Crippen LogP contribution in [-0.4, -0.2) is 21.0 Å². The summed E-state index contributed by atoms with van der Waals surface area (Å²) in [6, 6.07) is 10.9. The molecule has 2 aromatic carbocycles. The van der Waals surface area contributed by atoms with E-state index in [2.05, 4.69) is 4.98 Å². The third kappa shape index (κ3) is 2.34. The topological polar surface area (TPSA) is 93.3 Å². The second-order valence-corrected chi connectivity index (χ2v) is 5.31. The molecule has 0 saturated carbocycles. The second-order valence-electron chi connectivity index (χ2n) is 4.28. The van der Waals surface area contributed by atoms with Gasteiger partial charge in [-0.05, 0) is 24.3 Å². The standard InChI is InChI=1S/C14H8N2O4S/c17-14(18)8-5-6-10-12(7-8)21-13(15-10)9-3-1-2-4-11(9)16(19)20/h1-7H,(H,17,18). The molecule has 6 nitrogen and oxygen atoms in total. The molecular weight excluding hydrogens is 292 g/mol. The number of aromatic nitrogens is 1. The summed E-state index contributed by atoms with van der Waals surface area (Å²) in [5.74, 6) is -1.02. The Hall–Kier alpha value is -2.80. The smallest absolute Gasteiger partial charge is 0.335 e. The van der Waals surface area contributed by atoms with E-state index in [1.807, 2.05) is 0 Å². The zero-order valence-corrected chi connectivity index (χ0v) is 11.3. The monoisotopic (exact) mass is 300 g/mol. The molecular formula is C14H8N2O4S. The molecule has 21 heavy (non-hydrogen) atoms. The van der Waals surface area contributed by atoms with Crippen LogP contribution >= 0.6 is 11.3 Å². The van der Waals surface area contributed by atoms with Gasteiger partial charge in [-0.15, -0.1) is 11.3 Å². The van der Waals surface area contributed by atoms with E-state index < -0.39 is 10.9 Å². The quantitative estimate of drug-likeness (QED) is 0.589. The lowest BCUT2D eigenvalue weighted by molar-refractivity contribution is -0.384. The average molecular weight is 300 g/mol. The van der Waals surface area contributed by atoms with Crippen LogP contribution in [0.3, 0.4) is 0 Å². The molecule has 104 valence electrons. The van der Waals surface area contributed by atoms with E-state index in [-0.39, 0.29) is 11.3 Å². The van der Waals surface area contributed by atoms with Crippen molar-refractivity contribution in [2.75, 3.05) is 0 Å². The molecule has 0 saturated heterocycles. The summed E-state index contributed by atoms with van der Waals surface area (Å²) in [6.07, 6.45) is 0. The van der Waals surface area contributed by atoms with Gasteiger partial charge < -0.3 is 5.11 Å². The summed E-state index contributed by atoms with van der Waals surface area (Å²) in [5.41, 5.74) is 1.20. The van der Waals surface area contributed by atoms with Crippen molar-refractivity contribution >= 4 is 33.2 Å². The summed E-state index contributed by atoms with van der Waals surface area (Å²) in [4.78, 5) is 25.9. The number of nitro groups is 1. The maximum Gasteiger partial charge on any atom is 0.335 e. The average Bonchev–Trinajstić information content (AvgIpc) is 2.89. The number of hydrogen-bond acceptors (Lipinski definition) is 5. The van der Waals surface area contributed by atoms with Crippen molar-refractivity contribution in [2.45, 2.75) is 0 Å². The number of carboxylic acids is 1. The molecule has 0 amide bonds. The Kier molecular flexibility index (Phi) is 3.11. The van der Waals surface area contributed by atoms with Gasteiger partial charge in [-0.2, -0.15) is 0 Å². The lowest BCUT2D eigenvalue weighted by atomic mass is 10.2. The van der Waals surface area contributed by atoms with Gasteiger partial charge in [0.15, 0.2) is 0 Å². The summed E-state index contributed by atoms with van der Waals surface area (Å²) in [5, 5.41) is 20.5. The molecule has 0 bridgehead atoms. The molecule has 0 aliphatic heterocycles. The van der Waals surface area contributed by atoms with Crippen LogP contribution in [0.2, 0.25) is 0 Å². The van der Waals surface area contributed by atoms with Gasteiger partial charge in [0.1, 0.15) is 5.01 Å². The Bertz CT molecular complexity index is 872. The van der Waals surface area contributed by atoms with E-state index in [0.29, 0.717) is 20.8 Å². The van der Waals surface area contributed by atoms with Crippen LogP contribution < -0.4 is 0 Å². The minimum Gasteiger partial charge on any atom is -0.478 e. The first-order valence-electron chi connectivity index (χ1n) is 5.94. The summed E-state index contributed by atoms with van der Waals surface area (Å²) in [6.45, 7) is 0. The fourth-order valence-electron chi connectivity index (χ4n) is 1.99. The number of nitrogens with zero attached hydrogens (tertiary/aromatic N) is 2. The zero-order chi connectivity index (χ0) is 15.0. The molecule has 1 N–H and O–H groups in total. The molecule has 0 aliphatic carbocycles. The van der Waals surface area contributed by atoms with Crippen LogP contribution in [0.1, 0.15) is 10.4 Å². The summed E-state index contributed by atoms with van der Waals surface area (Å²) >= 11 is 1.23. The molecule has 0 radical (unpaired) electrons. The first-order chi connectivity index (χ1) is 10.1. The highest BCUT2D eigenvalue weighted by atomic mass is 32.1. The van der Waals surface area contributed by atoms with E-state index in [0.717, 1.165) is 0 Å². The van der Waals surface area contributed by atoms with Crippen molar-refractivity contribution < 1.29 is 14.8 Å². The van der Waals surface area contributed by atoms with Crippen molar-refractivity contribution in [3.05, 3.63) is 58.1 Å². The van der Waals surface area contributed by atoms with Gasteiger partial charge in [0.25, 0.3) is 5.69 Å². The van der Waals surface area contributed by atoms with Crippen molar-refractivity contribution in [1.82, 2.24) is 4.98 Å². The van der Waals surface area contributed by atoms with Crippen LogP contribution in [0.25, 0.3) is 20.8 Å². The van der Waals surface area contributed by atoms with Gasteiger partial charge in [0, 0.05) is 6.07 Å². The maximum atomic E-state index is 11.1. The molecule has 0 fully saturated rings. The first kappa shape index (κ1) is 13.2. The minimum absolute atomic E-state index is 0.0185. The maximum absolute atomic E-state index is 11.1. The fraction of sp³-hybridized carbons (Fsp3) is 0. The summed E-state index contributed by atoms with van der Waals surface area (Å²) < 4.78 is 0.683. The molecule has 0 spiro atoms. The largest absolute Gasteiger partial charge is 0.478 e. The third-order valence-corrected chi connectivity index (χ3v) is 4.02. The predicted molar refractivity (Wildman–Crippen MR) is 78.7 cm³/mol. The fourth-order valence-corrected chi connectivity index (χ4v) is 3.03. The molecule has 0 aliphatic rings. The lowest BCUT2D eigenvalue weighted by Gasteiger charge is -1.97. The molecule has 3 rings (SSSR count). The number of para-hydroxylation sites is 1. The number of thiazole rings is 1. The van der Waals surface area contributed by atoms with Gasteiger partial charge in [0.05, 0.1) is 26.3 Å². The number of carbonyl (C=O) groups is 1. The Morgan fingerprint density at radius 3 is 2.71 bits per heavy atom. The van der Waals surface area contributed by atoms with Crippen LogP contribution in [0.15, 0.2) is 42.5 Å². The van der Waals surface area contributed by atoms with Crippen LogP contribution in [0, 0.1) is 10.1 Å². The number of fused-ring (bicyclic) bond motifs is 1. The molecule has 7 heteroatoms. The lowest BCUT2D eigenvalue weighted by Crippen LogP contribution is -1.94. The highest BCUT2D eigenvalue weighted by Gasteiger charge is 2.18. The van der Waals surface area contributed by atoms with Gasteiger partial charge >= 0.3 is 5.97 Å². The van der Waals surface area contributed by atoms with Gasteiger partial charge in [-0.25, -0.2) is 9.78 Å². The van der Waals surface area contributed by atoms with Crippen LogP contribution in [0.4, 0.5) is 5.69 Å². The number of aromatic carboxylic acids is 1. The van der Waals surface area contributed by atoms with Gasteiger partial charge in [-0.3, -0.25) is 10.1 Å². The first-order valence-corrected chi connectivity index (χ1v) is 6.75. The van der Waals surface area contributed by atoms with Crippen molar-refractivity contribution in [1.29, 1.82) is 0 Å². The number of nitro benzene ring substituents is 1. The van der Waals surface area contributed by atoms with E-state index >= 15 is 0 Å². The van der Waals surface area contributed by atoms with Gasteiger partial charge in [0.2, 0.25) is 0 Å². The second kappa shape index (κ2) is 4.95. The van der Waals surface area contributed by atoms with Crippen LogP contribution in [-0.2, 0) is 0 Å².